The van der Waals surface area contributed by atoms with E-state index in [-0.39, 0.29) is 30.0 Å². The normalized spacial score (nSPS) is 12.8. The minimum atomic E-state index is 0. The summed E-state index contributed by atoms with van der Waals surface area (Å²) in [7, 11) is 3.62. The van der Waals surface area contributed by atoms with Crippen LogP contribution in [0.25, 0.3) is 0 Å². The molecule has 8 nitrogen and oxygen atoms in total. The highest BCUT2D eigenvalue weighted by molar-refractivity contribution is 14.0. The van der Waals surface area contributed by atoms with Gasteiger partial charge in [-0.1, -0.05) is 13.8 Å². The third-order valence-electron chi connectivity index (χ3n) is 4.03. The molecule has 2 aromatic rings. The van der Waals surface area contributed by atoms with E-state index in [0.717, 1.165) is 30.6 Å². The molecule has 1 unspecified atom stereocenters. The van der Waals surface area contributed by atoms with E-state index in [2.05, 4.69) is 44.5 Å². The summed E-state index contributed by atoms with van der Waals surface area (Å²) in [6.07, 6.45) is 3.26. The van der Waals surface area contributed by atoms with Gasteiger partial charge in [0.2, 0.25) is 0 Å². The molecule has 9 heteroatoms. The molecule has 0 bridgehead atoms. The molecule has 0 aliphatic rings. The number of likely N-dealkylation sites (N-methyl/N-ethyl adjacent to an activating group) is 1. The smallest absolute Gasteiger partial charge is 0.191 e. The quantitative estimate of drug-likeness (QED) is 0.354. The van der Waals surface area contributed by atoms with Gasteiger partial charge in [-0.3, -0.25) is 14.6 Å². The van der Waals surface area contributed by atoms with Crippen molar-refractivity contribution in [1.29, 1.82) is 0 Å². The number of nitrogens with one attached hydrogen (secondary N) is 2. The SMILES string of the molecule is CCN(CC)C(CNC(=NC)NCc1ncnn1C)c1ccco1.I. The summed E-state index contributed by atoms with van der Waals surface area (Å²) >= 11 is 0. The summed E-state index contributed by atoms with van der Waals surface area (Å²) in [5, 5.41) is 10.7. The topological polar surface area (TPSA) is 83.5 Å². The van der Waals surface area contributed by atoms with Crippen molar-refractivity contribution >= 4 is 29.9 Å². The molecule has 0 radical (unpaired) electrons. The first-order valence-corrected chi connectivity index (χ1v) is 8.24. The number of nitrogens with zero attached hydrogens (tertiary/aromatic N) is 5. The van der Waals surface area contributed by atoms with E-state index in [1.165, 1.54) is 0 Å². The van der Waals surface area contributed by atoms with Gasteiger partial charge < -0.3 is 15.1 Å². The maximum absolute atomic E-state index is 5.62. The highest BCUT2D eigenvalue weighted by atomic mass is 127. The van der Waals surface area contributed by atoms with Crippen molar-refractivity contribution in [2.75, 3.05) is 26.7 Å². The third-order valence-corrected chi connectivity index (χ3v) is 4.03. The van der Waals surface area contributed by atoms with Crippen molar-refractivity contribution < 1.29 is 4.42 Å². The van der Waals surface area contributed by atoms with Crippen LogP contribution in [-0.4, -0.2) is 52.3 Å². The zero-order valence-electron chi connectivity index (χ0n) is 15.3. The van der Waals surface area contributed by atoms with Crippen LogP contribution in [0.3, 0.4) is 0 Å². The minimum Gasteiger partial charge on any atom is -0.468 e. The number of aromatic nitrogens is 3. The molecule has 2 aromatic heterocycles. The summed E-state index contributed by atoms with van der Waals surface area (Å²) in [6, 6.07) is 4.09. The zero-order valence-corrected chi connectivity index (χ0v) is 17.6. The van der Waals surface area contributed by atoms with Crippen LogP contribution in [0.4, 0.5) is 0 Å². The maximum Gasteiger partial charge on any atom is 0.191 e. The van der Waals surface area contributed by atoms with Crippen LogP contribution in [0, 0.1) is 0 Å². The lowest BCUT2D eigenvalue weighted by Crippen LogP contribution is -2.43. The fourth-order valence-electron chi connectivity index (χ4n) is 2.61. The van der Waals surface area contributed by atoms with Gasteiger partial charge in [0.25, 0.3) is 0 Å². The highest BCUT2D eigenvalue weighted by Gasteiger charge is 2.20. The molecular weight excluding hydrogens is 433 g/mol. The van der Waals surface area contributed by atoms with E-state index >= 15 is 0 Å². The average molecular weight is 461 g/mol. The molecule has 0 spiro atoms. The third kappa shape index (κ3) is 5.99. The van der Waals surface area contributed by atoms with Crippen molar-refractivity contribution in [2.24, 2.45) is 12.0 Å². The van der Waals surface area contributed by atoms with E-state index < -0.39 is 0 Å². The van der Waals surface area contributed by atoms with Gasteiger partial charge >= 0.3 is 0 Å². The van der Waals surface area contributed by atoms with Crippen LogP contribution in [-0.2, 0) is 13.6 Å². The van der Waals surface area contributed by atoms with Gasteiger partial charge in [-0.15, -0.1) is 24.0 Å². The Morgan fingerprint density at radius 1 is 1.36 bits per heavy atom. The molecule has 0 aliphatic heterocycles. The summed E-state index contributed by atoms with van der Waals surface area (Å²) in [4.78, 5) is 10.8. The van der Waals surface area contributed by atoms with Gasteiger partial charge in [0, 0.05) is 20.6 Å². The molecular formula is C16H28IN7O. The van der Waals surface area contributed by atoms with Crippen LogP contribution in [0.1, 0.15) is 31.5 Å². The largest absolute Gasteiger partial charge is 0.468 e. The Kier molecular flexibility index (Phi) is 9.50. The number of hydrogen-bond acceptors (Lipinski definition) is 5. The molecule has 1 atom stereocenters. The lowest BCUT2D eigenvalue weighted by Gasteiger charge is -2.28. The molecule has 2 rings (SSSR count). The Labute approximate surface area is 166 Å². The van der Waals surface area contributed by atoms with Gasteiger partial charge in [-0.25, -0.2) is 4.98 Å². The zero-order chi connectivity index (χ0) is 17.4. The fourth-order valence-corrected chi connectivity index (χ4v) is 2.61. The van der Waals surface area contributed by atoms with Crippen LogP contribution in [0.15, 0.2) is 34.1 Å². The van der Waals surface area contributed by atoms with Crippen molar-refractivity contribution in [3.8, 4) is 0 Å². The highest BCUT2D eigenvalue weighted by Crippen LogP contribution is 2.20. The number of guanidine groups is 1. The first kappa shape index (κ1) is 21.4. The predicted molar refractivity (Wildman–Crippen MR) is 109 cm³/mol. The first-order valence-electron chi connectivity index (χ1n) is 8.24. The van der Waals surface area contributed by atoms with Crippen molar-refractivity contribution in [3.63, 3.8) is 0 Å². The Morgan fingerprint density at radius 2 is 2.12 bits per heavy atom. The second-order valence-corrected chi connectivity index (χ2v) is 5.36. The van der Waals surface area contributed by atoms with Crippen molar-refractivity contribution in [2.45, 2.75) is 26.4 Å². The van der Waals surface area contributed by atoms with E-state index in [9.17, 15) is 0 Å². The summed E-state index contributed by atoms with van der Waals surface area (Å²) in [5.41, 5.74) is 0. The molecule has 2 N–H and O–H groups in total. The summed E-state index contributed by atoms with van der Waals surface area (Å²) in [6.45, 7) is 7.48. The fraction of sp³-hybridized carbons (Fsp3) is 0.562. The first-order chi connectivity index (χ1) is 11.7. The molecule has 0 saturated heterocycles. The Balaban J connectivity index is 0.00000312. The minimum absolute atomic E-state index is 0. The van der Waals surface area contributed by atoms with Gasteiger partial charge in [-0.05, 0) is 25.2 Å². The molecule has 0 fully saturated rings. The van der Waals surface area contributed by atoms with Gasteiger partial charge in [-0.2, -0.15) is 5.10 Å². The standard InChI is InChI=1S/C16H27N7O.HI/c1-5-23(6-2)13(14-8-7-9-24-14)10-18-16(17-3)19-11-15-20-12-21-22(15)4;/h7-9,12-13H,5-6,10-11H2,1-4H3,(H2,17,18,19);1H. The number of hydrogen-bond donors (Lipinski definition) is 2. The predicted octanol–water partition coefficient (Wildman–Crippen LogP) is 1.77. The average Bonchev–Trinajstić information content (AvgIpc) is 3.26. The van der Waals surface area contributed by atoms with Crippen molar-refractivity contribution in [3.05, 3.63) is 36.3 Å². The second kappa shape index (κ2) is 11.1. The molecule has 0 amide bonds. The monoisotopic (exact) mass is 461 g/mol. The Hall–Kier alpha value is -1.62. The van der Waals surface area contributed by atoms with E-state index in [4.69, 9.17) is 4.42 Å². The van der Waals surface area contributed by atoms with E-state index in [0.29, 0.717) is 13.1 Å². The van der Waals surface area contributed by atoms with Gasteiger partial charge in [0.1, 0.15) is 17.9 Å². The molecule has 25 heavy (non-hydrogen) atoms. The molecule has 0 saturated carbocycles. The van der Waals surface area contributed by atoms with Crippen molar-refractivity contribution in [1.82, 2.24) is 30.3 Å². The van der Waals surface area contributed by atoms with Crippen LogP contribution in [0.2, 0.25) is 0 Å². The van der Waals surface area contributed by atoms with Gasteiger partial charge in [0.15, 0.2) is 5.96 Å². The lowest BCUT2D eigenvalue weighted by atomic mass is 10.2. The van der Waals surface area contributed by atoms with Crippen LogP contribution < -0.4 is 10.6 Å². The number of halogens is 1. The summed E-state index contributed by atoms with van der Waals surface area (Å²) < 4.78 is 7.36. The number of furan rings is 1. The summed E-state index contributed by atoms with van der Waals surface area (Å²) in [5.74, 6) is 2.53. The van der Waals surface area contributed by atoms with E-state index in [1.807, 2.05) is 19.2 Å². The molecule has 2 heterocycles. The maximum atomic E-state index is 5.62. The number of rotatable bonds is 8. The van der Waals surface area contributed by atoms with Crippen LogP contribution >= 0.6 is 24.0 Å². The molecule has 0 aliphatic carbocycles. The lowest BCUT2D eigenvalue weighted by molar-refractivity contribution is 0.193. The van der Waals surface area contributed by atoms with Crippen LogP contribution in [0.5, 0.6) is 0 Å². The Bertz CT molecular complexity index is 622. The Morgan fingerprint density at radius 3 is 2.64 bits per heavy atom. The molecule has 140 valence electrons. The van der Waals surface area contributed by atoms with E-state index in [1.54, 1.807) is 24.3 Å². The number of aliphatic imine (C=N–C) groups is 1. The number of aryl methyl sites for hydroxylation is 1. The second-order valence-electron chi connectivity index (χ2n) is 5.36. The van der Waals surface area contributed by atoms with Gasteiger partial charge in [0.05, 0.1) is 18.8 Å². The molecule has 0 aromatic carbocycles.